The molecule has 0 atom stereocenters. The van der Waals surface area contributed by atoms with E-state index in [1.165, 1.54) is 7.11 Å². The van der Waals surface area contributed by atoms with E-state index in [-0.39, 0.29) is 31.4 Å². The molecule has 15 heavy (non-hydrogen) atoms. The number of hydrogen-bond acceptors (Lipinski definition) is 4. The topological polar surface area (TPSA) is 81.5 Å². The molecule has 1 aromatic rings. The summed E-state index contributed by atoms with van der Waals surface area (Å²) in [5.41, 5.74) is 13.2. The van der Waals surface area contributed by atoms with E-state index in [0.29, 0.717) is 23.5 Å². The van der Waals surface area contributed by atoms with Gasteiger partial charge in [0.1, 0.15) is 5.75 Å². The molecule has 0 spiro atoms. The monoisotopic (exact) mass is 254 g/mol. The average molecular weight is 255 g/mol. The van der Waals surface area contributed by atoms with Crippen LogP contribution in [0.4, 0.5) is 11.4 Å². The van der Waals surface area contributed by atoms with Gasteiger partial charge in [-0.15, -0.1) is 24.8 Å². The molecule has 0 unspecified atom stereocenters. The van der Waals surface area contributed by atoms with Crippen LogP contribution in [0.1, 0.15) is 5.56 Å². The highest BCUT2D eigenvalue weighted by molar-refractivity contribution is 5.85. The van der Waals surface area contributed by atoms with Crippen molar-refractivity contribution in [2.24, 2.45) is 0 Å². The number of anilines is 2. The van der Waals surface area contributed by atoms with Crippen LogP contribution in [0.3, 0.4) is 0 Å². The smallest absolute Gasteiger partial charge is 0.143 e. The molecule has 1 aromatic carbocycles. The lowest BCUT2D eigenvalue weighted by Gasteiger charge is -2.10. The van der Waals surface area contributed by atoms with Gasteiger partial charge in [-0.05, 0) is 18.1 Å². The zero-order valence-corrected chi connectivity index (χ0v) is 10.0. The van der Waals surface area contributed by atoms with E-state index in [4.69, 9.17) is 21.3 Å². The van der Waals surface area contributed by atoms with Gasteiger partial charge in [-0.25, -0.2) is 0 Å². The summed E-state index contributed by atoms with van der Waals surface area (Å²) in [6, 6.07) is 3.55. The van der Waals surface area contributed by atoms with E-state index in [2.05, 4.69) is 0 Å². The maximum absolute atomic E-state index is 8.73. The molecular weight excluding hydrogens is 239 g/mol. The quantitative estimate of drug-likeness (QED) is 0.710. The minimum Gasteiger partial charge on any atom is -0.495 e. The number of aliphatic hydroxyl groups is 1. The molecule has 6 heteroatoms. The van der Waals surface area contributed by atoms with Crippen molar-refractivity contribution in [1.29, 1.82) is 0 Å². The Morgan fingerprint density at radius 3 is 2.27 bits per heavy atom. The maximum atomic E-state index is 8.73. The van der Waals surface area contributed by atoms with Crippen molar-refractivity contribution in [1.82, 2.24) is 0 Å². The number of nitrogens with two attached hydrogens (primary N) is 2. The van der Waals surface area contributed by atoms with Crippen LogP contribution in [-0.4, -0.2) is 18.8 Å². The molecule has 4 nitrogen and oxygen atoms in total. The Kier molecular flexibility index (Phi) is 8.24. The Morgan fingerprint density at radius 2 is 1.80 bits per heavy atom. The average Bonchev–Trinajstić information content (AvgIpc) is 2.14. The van der Waals surface area contributed by atoms with Crippen LogP contribution < -0.4 is 16.2 Å². The summed E-state index contributed by atoms with van der Waals surface area (Å²) in [5.74, 6) is 0.569. The highest BCUT2D eigenvalue weighted by Crippen LogP contribution is 2.30. The number of hydrogen-bond donors (Lipinski definition) is 3. The summed E-state index contributed by atoms with van der Waals surface area (Å²) in [7, 11) is 1.54. The largest absolute Gasteiger partial charge is 0.495 e. The maximum Gasteiger partial charge on any atom is 0.143 e. The van der Waals surface area contributed by atoms with Crippen LogP contribution >= 0.6 is 24.8 Å². The van der Waals surface area contributed by atoms with Crippen molar-refractivity contribution in [3.05, 3.63) is 17.7 Å². The highest BCUT2D eigenvalue weighted by atomic mass is 35.5. The highest BCUT2D eigenvalue weighted by Gasteiger charge is 2.07. The number of ether oxygens (including phenoxy) is 1. The van der Waals surface area contributed by atoms with Crippen LogP contribution in [0, 0.1) is 0 Å². The van der Waals surface area contributed by atoms with Gasteiger partial charge in [0.25, 0.3) is 0 Å². The van der Waals surface area contributed by atoms with Crippen molar-refractivity contribution in [2.75, 3.05) is 25.2 Å². The van der Waals surface area contributed by atoms with Gasteiger partial charge >= 0.3 is 0 Å². The van der Waals surface area contributed by atoms with Crippen molar-refractivity contribution < 1.29 is 9.84 Å². The summed E-state index contributed by atoms with van der Waals surface area (Å²) in [5, 5.41) is 8.73. The summed E-state index contributed by atoms with van der Waals surface area (Å²) < 4.78 is 4.99. The Balaban J connectivity index is 0. The standard InChI is InChI=1S/C9H14N2O2.2ClH/c1-13-7-3-2-6(4-5-12)8(10)9(7)11;;/h2-3,12H,4-5,10-11H2,1H3;2*1H. The molecule has 5 N–H and O–H groups in total. The second-order valence-corrected chi connectivity index (χ2v) is 2.73. The zero-order valence-electron chi connectivity index (χ0n) is 8.40. The van der Waals surface area contributed by atoms with Crippen LogP contribution in [-0.2, 0) is 6.42 Å². The fraction of sp³-hybridized carbons (Fsp3) is 0.333. The number of benzene rings is 1. The summed E-state index contributed by atoms with van der Waals surface area (Å²) in [6.07, 6.45) is 0.514. The first-order valence-corrected chi connectivity index (χ1v) is 4.02. The zero-order chi connectivity index (χ0) is 9.84. The van der Waals surface area contributed by atoms with Gasteiger partial charge < -0.3 is 21.3 Å². The number of rotatable bonds is 3. The predicted molar refractivity (Wildman–Crippen MR) is 67.1 cm³/mol. The number of halogens is 2. The fourth-order valence-electron chi connectivity index (χ4n) is 1.18. The van der Waals surface area contributed by atoms with E-state index < -0.39 is 0 Å². The van der Waals surface area contributed by atoms with Gasteiger partial charge in [-0.1, -0.05) is 6.07 Å². The molecule has 0 radical (unpaired) electrons. The number of methoxy groups -OCH3 is 1. The fourth-order valence-corrected chi connectivity index (χ4v) is 1.18. The number of nitrogen functional groups attached to an aromatic ring is 2. The lowest BCUT2D eigenvalue weighted by atomic mass is 10.1. The van der Waals surface area contributed by atoms with Gasteiger partial charge in [0, 0.05) is 6.61 Å². The first-order valence-electron chi connectivity index (χ1n) is 4.02. The molecule has 0 bridgehead atoms. The van der Waals surface area contributed by atoms with Gasteiger partial charge in [0.05, 0.1) is 18.5 Å². The van der Waals surface area contributed by atoms with Gasteiger partial charge in [-0.3, -0.25) is 0 Å². The minimum absolute atomic E-state index is 0. The third-order valence-corrected chi connectivity index (χ3v) is 1.94. The van der Waals surface area contributed by atoms with Crippen molar-refractivity contribution >= 4 is 36.2 Å². The van der Waals surface area contributed by atoms with Crippen LogP contribution in [0.2, 0.25) is 0 Å². The van der Waals surface area contributed by atoms with E-state index in [0.717, 1.165) is 5.56 Å². The van der Waals surface area contributed by atoms with Crippen molar-refractivity contribution in [3.8, 4) is 5.75 Å². The molecule has 0 heterocycles. The molecule has 1 rings (SSSR count). The Morgan fingerprint density at radius 1 is 1.20 bits per heavy atom. The van der Waals surface area contributed by atoms with Crippen molar-refractivity contribution in [2.45, 2.75) is 6.42 Å². The predicted octanol–water partition coefficient (Wildman–Crippen LogP) is 1.24. The summed E-state index contributed by atoms with van der Waals surface area (Å²) in [6.45, 7) is 0.0654. The molecule has 0 aliphatic heterocycles. The van der Waals surface area contributed by atoms with E-state index >= 15 is 0 Å². The molecule has 0 saturated heterocycles. The molecule has 0 saturated carbocycles. The van der Waals surface area contributed by atoms with Gasteiger partial charge in [0.2, 0.25) is 0 Å². The third kappa shape index (κ3) is 3.66. The minimum atomic E-state index is 0. The van der Waals surface area contributed by atoms with Crippen molar-refractivity contribution in [3.63, 3.8) is 0 Å². The first kappa shape index (κ1) is 16.6. The molecule has 0 aromatic heterocycles. The Hall–Kier alpha value is -0.840. The van der Waals surface area contributed by atoms with Gasteiger partial charge in [-0.2, -0.15) is 0 Å². The molecule has 0 aliphatic rings. The van der Waals surface area contributed by atoms with E-state index in [1.807, 2.05) is 0 Å². The SMILES string of the molecule is COc1ccc(CCO)c(N)c1N.Cl.Cl. The van der Waals surface area contributed by atoms with Crippen LogP contribution in [0.5, 0.6) is 5.75 Å². The molecule has 0 aliphatic carbocycles. The number of aliphatic hydroxyl groups excluding tert-OH is 1. The Labute approximate surface area is 101 Å². The second kappa shape index (κ2) is 7.45. The second-order valence-electron chi connectivity index (χ2n) is 2.73. The summed E-state index contributed by atoms with van der Waals surface area (Å²) >= 11 is 0. The van der Waals surface area contributed by atoms with Gasteiger partial charge in [0.15, 0.2) is 0 Å². The Bertz CT molecular complexity index is 308. The van der Waals surface area contributed by atoms with Crippen LogP contribution in [0.15, 0.2) is 12.1 Å². The molecular formula is C9H16Cl2N2O2. The van der Waals surface area contributed by atoms with Crippen LogP contribution in [0.25, 0.3) is 0 Å². The molecule has 0 amide bonds. The molecule has 0 fully saturated rings. The van der Waals surface area contributed by atoms with E-state index in [9.17, 15) is 0 Å². The first-order chi connectivity index (χ1) is 6.20. The summed E-state index contributed by atoms with van der Waals surface area (Å²) in [4.78, 5) is 0. The normalized spacial score (nSPS) is 8.67. The van der Waals surface area contributed by atoms with E-state index in [1.54, 1.807) is 12.1 Å². The molecule has 88 valence electrons. The lowest BCUT2D eigenvalue weighted by Crippen LogP contribution is -2.03. The third-order valence-electron chi connectivity index (χ3n) is 1.94. The lowest BCUT2D eigenvalue weighted by molar-refractivity contribution is 0.300.